The predicted molar refractivity (Wildman–Crippen MR) is 94.9 cm³/mol. The Bertz CT molecular complexity index is 691. The molecule has 0 bridgehead atoms. The minimum Gasteiger partial charge on any atom is -0.356 e. The topological polar surface area (TPSA) is 34.0 Å². The zero-order valence-electron chi connectivity index (χ0n) is 14.5. The summed E-state index contributed by atoms with van der Waals surface area (Å²) < 4.78 is 27.6. The van der Waals surface area contributed by atoms with Gasteiger partial charge in [-0.3, -0.25) is 4.79 Å². The van der Waals surface area contributed by atoms with Crippen LogP contribution in [0.2, 0.25) is 0 Å². The maximum absolute atomic E-state index is 13.0. The molecule has 0 radical (unpaired) electrons. The number of hydrogen-bond donors (Lipinski definition) is 1. The standard InChI is InChI=1S/C18H24F2N2OS/c1-11(2)7-12(3)17-15(5-6-24-17)21-16(23)8-13-9-22(4)10-14(13)18(19)20/h5-6,9-12,18H,7-8H2,1-4H3,(H,21,23). The van der Waals surface area contributed by atoms with Gasteiger partial charge < -0.3 is 9.88 Å². The van der Waals surface area contributed by atoms with Crippen molar-refractivity contribution < 1.29 is 13.6 Å². The summed E-state index contributed by atoms with van der Waals surface area (Å²) in [5, 5.41) is 4.84. The molecule has 0 saturated carbocycles. The fourth-order valence-electron chi connectivity index (χ4n) is 2.99. The van der Waals surface area contributed by atoms with Crippen LogP contribution in [0, 0.1) is 5.92 Å². The molecule has 132 valence electrons. The average molecular weight is 354 g/mol. The molecule has 2 heterocycles. The van der Waals surface area contributed by atoms with Crippen molar-refractivity contribution in [2.45, 2.75) is 46.0 Å². The Labute approximate surface area is 145 Å². The van der Waals surface area contributed by atoms with Crippen molar-refractivity contribution in [1.82, 2.24) is 4.57 Å². The Kier molecular flexibility index (Phi) is 6.15. The highest BCUT2D eigenvalue weighted by Crippen LogP contribution is 2.34. The van der Waals surface area contributed by atoms with Gasteiger partial charge in [0.2, 0.25) is 5.91 Å². The fourth-order valence-corrected chi connectivity index (χ4v) is 3.92. The lowest BCUT2D eigenvalue weighted by Crippen LogP contribution is -2.16. The molecule has 1 unspecified atom stereocenters. The zero-order valence-corrected chi connectivity index (χ0v) is 15.3. The summed E-state index contributed by atoms with van der Waals surface area (Å²) in [6.07, 6.45) is 1.37. The van der Waals surface area contributed by atoms with Crippen LogP contribution < -0.4 is 5.32 Å². The number of anilines is 1. The van der Waals surface area contributed by atoms with Crippen molar-refractivity contribution in [3.05, 3.63) is 39.8 Å². The first kappa shape index (κ1) is 18.6. The van der Waals surface area contributed by atoms with E-state index in [1.807, 2.05) is 11.4 Å². The van der Waals surface area contributed by atoms with Gasteiger partial charge >= 0.3 is 0 Å². The molecule has 0 spiro atoms. The summed E-state index contributed by atoms with van der Waals surface area (Å²) in [7, 11) is 1.68. The molecular weight excluding hydrogens is 330 g/mol. The Hall–Kier alpha value is -1.69. The number of carbonyl (C=O) groups is 1. The van der Waals surface area contributed by atoms with E-state index in [4.69, 9.17) is 0 Å². The van der Waals surface area contributed by atoms with Crippen molar-refractivity contribution in [3.63, 3.8) is 0 Å². The molecule has 2 aromatic heterocycles. The van der Waals surface area contributed by atoms with Gasteiger partial charge in [-0.15, -0.1) is 11.3 Å². The van der Waals surface area contributed by atoms with E-state index in [1.54, 1.807) is 29.1 Å². The molecule has 3 nitrogen and oxygen atoms in total. The highest BCUT2D eigenvalue weighted by atomic mass is 32.1. The second kappa shape index (κ2) is 7.92. The van der Waals surface area contributed by atoms with E-state index in [0.29, 0.717) is 17.4 Å². The molecule has 1 N–H and O–H groups in total. The van der Waals surface area contributed by atoms with Crippen LogP contribution in [0.25, 0.3) is 0 Å². The lowest BCUT2D eigenvalue weighted by atomic mass is 9.97. The first-order valence-electron chi connectivity index (χ1n) is 8.08. The van der Waals surface area contributed by atoms with Crippen molar-refractivity contribution in [2.24, 2.45) is 13.0 Å². The number of hydrogen-bond acceptors (Lipinski definition) is 2. The van der Waals surface area contributed by atoms with Gasteiger partial charge in [0.25, 0.3) is 6.43 Å². The van der Waals surface area contributed by atoms with Crippen LogP contribution in [0.1, 0.15) is 55.5 Å². The number of aryl methyl sites for hydroxylation is 1. The SMILES string of the molecule is CC(C)CC(C)c1sccc1NC(=O)Cc1cn(C)cc1C(F)F. The van der Waals surface area contributed by atoms with Crippen LogP contribution in [0.15, 0.2) is 23.8 Å². The van der Waals surface area contributed by atoms with Gasteiger partial charge in [0.15, 0.2) is 0 Å². The number of thiophene rings is 1. The number of nitrogens with one attached hydrogen (secondary N) is 1. The number of alkyl halides is 2. The smallest absolute Gasteiger partial charge is 0.265 e. The van der Waals surface area contributed by atoms with Crippen LogP contribution in [-0.2, 0) is 18.3 Å². The second-order valence-corrected chi connectivity index (χ2v) is 7.61. The van der Waals surface area contributed by atoms with E-state index < -0.39 is 6.43 Å². The Balaban J connectivity index is 2.07. The van der Waals surface area contributed by atoms with E-state index in [2.05, 4.69) is 26.1 Å². The first-order valence-corrected chi connectivity index (χ1v) is 8.96. The molecule has 0 aliphatic carbocycles. The molecule has 24 heavy (non-hydrogen) atoms. The summed E-state index contributed by atoms with van der Waals surface area (Å²) in [5.74, 6) is 0.664. The van der Waals surface area contributed by atoms with Crippen LogP contribution >= 0.6 is 11.3 Å². The fraction of sp³-hybridized carbons (Fsp3) is 0.500. The Morgan fingerprint density at radius 2 is 2.00 bits per heavy atom. The molecule has 2 rings (SSSR count). The van der Waals surface area contributed by atoms with E-state index in [1.165, 1.54) is 6.20 Å². The third kappa shape index (κ3) is 4.66. The Morgan fingerprint density at radius 1 is 1.29 bits per heavy atom. The lowest BCUT2D eigenvalue weighted by molar-refractivity contribution is -0.115. The number of amides is 1. The van der Waals surface area contributed by atoms with E-state index in [-0.39, 0.29) is 17.9 Å². The van der Waals surface area contributed by atoms with E-state index >= 15 is 0 Å². The molecular formula is C18H24F2N2OS. The molecule has 0 aliphatic rings. The number of halogens is 2. The normalized spacial score (nSPS) is 12.8. The van der Waals surface area contributed by atoms with Crippen molar-refractivity contribution in [1.29, 1.82) is 0 Å². The highest BCUT2D eigenvalue weighted by molar-refractivity contribution is 7.10. The molecule has 1 amide bonds. The van der Waals surface area contributed by atoms with Crippen molar-refractivity contribution in [3.8, 4) is 0 Å². The first-order chi connectivity index (χ1) is 11.3. The second-order valence-electron chi connectivity index (χ2n) is 6.66. The minimum atomic E-state index is -2.57. The minimum absolute atomic E-state index is 0.0473. The zero-order chi connectivity index (χ0) is 17.9. The quantitative estimate of drug-likeness (QED) is 0.714. The predicted octanol–water partition coefficient (Wildman–Crippen LogP) is 5.36. The van der Waals surface area contributed by atoms with Crippen molar-refractivity contribution >= 4 is 22.9 Å². The molecule has 1 atom stereocenters. The van der Waals surface area contributed by atoms with Gasteiger partial charge in [0.1, 0.15) is 0 Å². The molecule has 0 aliphatic heterocycles. The van der Waals surface area contributed by atoms with E-state index in [0.717, 1.165) is 17.0 Å². The molecule has 6 heteroatoms. The summed E-state index contributed by atoms with van der Waals surface area (Å²) in [6.45, 7) is 6.49. The number of rotatable bonds is 7. The monoisotopic (exact) mass is 354 g/mol. The highest BCUT2D eigenvalue weighted by Gasteiger charge is 2.19. The van der Waals surface area contributed by atoms with Crippen molar-refractivity contribution in [2.75, 3.05) is 5.32 Å². The molecule has 0 saturated heterocycles. The third-order valence-corrected chi connectivity index (χ3v) is 5.05. The van der Waals surface area contributed by atoms with Crippen LogP contribution in [0.3, 0.4) is 0 Å². The average Bonchev–Trinajstić information content (AvgIpc) is 3.04. The number of nitrogens with zero attached hydrogens (tertiary/aromatic N) is 1. The van der Waals surface area contributed by atoms with Gasteiger partial charge in [-0.2, -0.15) is 0 Å². The van der Waals surface area contributed by atoms with Crippen LogP contribution in [0.4, 0.5) is 14.5 Å². The lowest BCUT2D eigenvalue weighted by Gasteiger charge is -2.15. The maximum atomic E-state index is 13.0. The maximum Gasteiger partial charge on any atom is 0.265 e. The van der Waals surface area contributed by atoms with Gasteiger partial charge in [-0.25, -0.2) is 8.78 Å². The third-order valence-electron chi connectivity index (χ3n) is 3.90. The van der Waals surface area contributed by atoms with Gasteiger partial charge in [-0.05, 0) is 35.3 Å². The van der Waals surface area contributed by atoms with Gasteiger partial charge in [0.05, 0.1) is 12.1 Å². The Morgan fingerprint density at radius 3 is 2.62 bits per heavy atom. The largest absolute Gasteiger partial charge is 0.356 e. The molecule has 2 aromatic rings. The molecule has 0 aromatic carbocycles. The summed E-state index contributed by atoms with van der Waals surface area (Å²) in [4.78, 5) is 13.4. The van der Waals surface area contributed by atoms with Gasteiger partial charge in [-0.1, -0.05) is 20.8 Å². The number of carbonyl (C=O) groups excluding carboxylic acids is 1. The summed E-state index contributed by atoms with van der Waals surface area (Å²) >= 11 is 1.62. The van der Waals surface area contributed by atoms with E-state index in [9.17, 15) is 13.6 Å². The summed E-state index contributed by atoms with van der Waals surface area (Å²) in [5.41, 5.74) is 1.09. The van der Waals surface area contributed by atoms with Gasteiger partial charge in [0, 0.05) is 29.9 Å². The van der Waals surface area contributed by atoms with Crippen LogP contribution in [0.5, 0.6) is 0 Å². The summed E-state index contributed by atoms with van der Waals surface area (Å²) in [6, 6.07) is 1.88. The number of aromatic nitrogens is 1. The van der Waals surface area contributed by atoms with Crippen LogP contribution in [-0.4, -0.2) is 10.5 Å². The molecule has 0 fully saturated rings.